The highest BCUT2D eigenvalue weighted by Gasteiger charge is 2.22. The van der Waals surface area contributed by atoms with Crippen LogP contribution in [-0.4, -0.2) is 10.9 Å². The van der Waals surface area contributed by atoms with E-state index >= 15 is 0 Å². The van der Waals surface area contributed by atoms with Gasteiger partial charge in [0.05, 0.1) is 16.8 Å². The number of aromatic nitrogens is 1. The van der Waals surface area contributed by atoms with Gasteiger partial charge >= 0.3 is 0 Å². The molecule has 0 aliphatic heterocycles. The zero-order valence-electron chi connectivity index (χ0n) is 12.7. The maximum atomic E-state index is 12.7. The molecule has 4 heteroatoms. The number of hydrogen-bond acceptors (Lipinski definition) is 2. The number of amides is 1. The second-order valence-electron chi connectivity index (χ2n) is 5.04. The largest absolute Gasteiger partial charge is 0.274 e. The van der Waals surface area contributed by atoms with Gasteiger partial charge in [0, 0.05) is 29.7 Å². The van der Waals surface area contributed by atoms with Crippen molar-refractivity contribution >= 4 is 23.4 Å². The molecule has 1 amide bonds. The summed E-state index contributed by atoms with van der Waals surface area (Å²) in [4.78, 5) is 16.6. The Kier molecular flexibility index (Phi) is 4.60. The number of carbonyl (C=O) groups excluding carboxylic acids is 1. The standard InChI is InChI=1S/C20H13ClN2O/c1-2-15-10-6-12-18(16-8-4-3-5-9-16)19(15)23(21)20(24)17-11-7-13-22-14-17/h1,3-14H. The Morgan fingerprint density at radius 3 is 2.50 bits per heavy atom. The lowest BCUT2D eigenvalue weighted by Crippen LogP contribution is -2.22. The van der Waals surface area contributed by atoms with Crippen LogP contribution < -0.4 is 4.42 Å². The molecule has 0 radical (unpaired) electrons. The molecule has 0 atom stereocenters. The summed E-state index contributed by atoms with van der Waals surface area (Å²) in [5.74, 6) is 2.21. The van der Waals surface area contributed by atoms with Gasteiger partial charge in [0.1, 0.15) is 0 Å². The molecule has 0 fully saturated rings. The summed E-state index contributed by atoms with van der Waals surface area (Å²) in [5, 5.41) is 0. The summed E-state index contributed by atoms with van der Waals surface area (Å²) in [7, 11) is 0. The molecular weight excluding hydrogens is 320 g/mol. The van der Waals surface area contributed by atoms with E-state index in [0.29, 0.717) is 16.8 Å². The Bertz CT molecular complexity index is 902. The lowest BCUT2D eigenvalue weighted by Gasteiger charge is -2.20. The third-order valence-electron chi connectivity index (χ3n) is 3.56. The van der Waals surface area contributed by atoms with E-state index in [0.717, 1.165) is 15.5 Å². The zero-order valence-corrected chi connectivity index (χ0v) is 13.4. The van der Waals surface area contributed by atoms with Gasteiger partial charge in [0.15, 0.2) is 0 Å². The first-order valence-corrected chi connectivity index (χ1v) is 7.61. The number of hydrogen-bond donors (Lipinski definition) is 0. The molecule has 0 aliphatic rings. The average Bonchev–Trinajstić information content (AvgIpc) is 2.67. The van der Waals surface area contributed by atoms with Crippen molar-refractivity contribution in [3.8, 4) is 23.5 Å². The maximum Gasteiger partial charge on any atom is 0.274 e. The fraction of sp³-hybridized carbons (Fsp3) is 0. The van der Waals surface area contributed by atoms with Crippen molar-refractivity contribution in [3.05, 3.63) is 84.2 Å². The number of terminal acetylenes is 1. The van der Waals surface area contributed by atoms with Crippen LogP contribution in [-0.2, 0) is 0 Å². The lowest BCUT2D eigenvalue weighted by molar-refractivity contribution is 0.100. The highest BCUT2D eigenvalue weighted by molar-refractivity contribution is 6.40. The SMILES string of the molecule is C#Cc1cccc(-c2ccccc2)c1N(Cl)C(=O)c1cccnc1. The Morgan fingerprint density at radius 1 is 1.04 bits per heavy atom. The number of carbonyl (C=O) groups is 1. The minimum Gasteiger partial charge on any atom is -0.267 e. The fourth-order valence-electron chi connectivity index (χ4n) is 2.43. The summed E-state index contributed by atoms with van der Waals surface area (Å²) < 4.78 is 1.06. The molecule has 1 aromatic heterocycles. The van der Waals surface area contributed by atoms with Gasteiger partial charge in [0.2, 0.25) is 0 Å². The van der Waals surface area contributed by atoms with Crippen LogP contribution in [0.5, 0.6) is 0 Å². The van der Waals surface area contributed by atoms with Gasteiger partial charge < -0.3 is 0 Å². The van der Waals surface area contributed by atoms with Crippen LogP contribution >= 0.6 is 11.8 Å². The van der Waals surface area contributed by atoms with Crippen molar-refractivity contribution in [3.63, 3.8) is 0 Å². The van der Waals surface area contributed by atoms with Gasteiger partial charge in [-0.1, -0.05) is 48.4 Å². The van der Waals surface area contributed by atoms with Crippen molar-refractivity contribution in [2.75, 3.05) is 4.42 Å². The van der Waals surface area contributed by atoms with Gasteiger partial charge in [-0.25, -0.2) is 4.42 Å². The van der Waals surface area contributed by atoms with Crippen LogP contribution in [0.1, 0.15) is 15.9 Å². The van der Waals surface area contributed by atoms with Crippen LogP contribution in [0, 0.1) is 12.3 Å². The summed E-state index contributed by atoms with van der Waals surface area (Å²) >= 11 is 6.39. The van der Waals surface area contributed by atoms with E-state index in [1.165, 1.54) is 6.20 Å². The molecule has 0 N–H and O–H groups in total. The van der Waals surface area contributed by atoms with Crippen LogP contribution in [0.25, 0.3) is 11.1 Å². The molecule has 1 heterocycles. The van der Waals surface area contributed by atoms with Crippen molar-refractivity contribution in [2.24, 2.45) is 0 Å². The molecule has 0 unspecified atom stereocenters. The van der Waals surface area contributed by atoms with E-state index in [9.17, 15) is 4.79 Å². The van der Waals surface area contributed by atoms with Gasteiger partial charge in [-0.2, -0.15) is 0 Å². The quantitative estimate of drug-likeness (QED) is 0.521. The van der Waals surface area contributed by atoms with E-state index in [2.05, 4.69) is 10.9 Å². The second-order valence-corrected chi connectivity index (χ2v) is 5.38. The number of para-hydroxylation sites is 1. The Balaban J connectivity index is 2.13. The molecule has 0 bridgehead atoms. The number of benzene rings is 2. The summed E-state index contributed by atoms with van der Waals surface area (Å²) in [6, 6.07) is 18.5. The highest BCUT2D eigenvalue weighted by Crippen LogP contribution is 2.35. The summed E-state index contributed by atoms with van der Waals surface area (Å²) in [6.07, 6.45) is 8.68. The number of anilines is 1. The van der Waals surface area contributed by atoms with Crippen LogP contribution in [0.15, 0.2) is 73.1 Å². The van der Waals surface area contributed by atoms with Crippen molar-refractivity contribution in [1.29, 1.82) is 0 Å². The normalized spacial score (nSPS) is 10.0. The molecule has 0 spiro atoms. The monoisotopic (exact) mass is 332 g/mol. The van der Waals surface area contributed by atoms with Crippen LogP contribution in [0.3, 0.4) is 0 Å². The van der Waals surface area contributed by atoms with Gasteiger partial charge in [-0.05, 0) is 23.8 Å². The topological polar surface area (TPSA) is 33.2 Å². The third kappa shape index (κ3) is 3.01. The highest BCUT2D eigenvalue weighted by atomic mass is 35.5. The molecule has 0 saturated carbocycles. The maximum absolute atomic E-state index is 12.7. The van der Waals surface area contributed by atoms with Crippen molar-refractivity contribution in [1.82, 2.24) is 4.98 Å². The second kappa shape index (κ2) is 6.99. The minimum absolute atomic E-state index is 0.385. The van der Waals surface area contributed by atoms with Gasteiger partial charge in [-0.3, -0.25) is 9.78 Å². The van der Waals surface area contributed by atoms with E-state index in [-0.39, 0.29) is 5.91 Å². The third-order valence-corrected chi connectivity index (χ3v) is 3.88. The van der Waals surface area contributed by atoms with E-state index in [4.69, 9.17) is 18.2 Å². The molecule has 0 saturated heterocycles. The average molecular weight is 333 g/mol. The van der Waals surface area contributed by atoms with Crippen molar-refractivity contribution < 1.29 is 4.79 Å². The molecular formula is C20H13ClN2O. The lowest BCUT2D eigenvalue weighted by atomic mass is 10.00. The number of halogens is 1. The molecule has 24 heavy (non-hydrogen) atoms. The van der Waals surface area contributed by atoms with Crippen molar-refractivity contribution in [2.45, 2.75) is 0 Å². The number of nitrogens with zero attached hydrogens (tertiary/aromatic N) is 2. The molecule has 3 rings (SSSR count). The first kappa shape index (κ1) is 15.8. The smallest absolute Gasteiger partial charge is 0.267 e. The van der Waals surface area contributed by atoms with E-state index < -0.39 is 0 Å². The van der Waals surface area contributed by atoms with E-state index in [1.807, 2.05) is 42.5 Å². The predicted octanol–water partition coefficient (Wildman–Crippen LogP) is 4.53. The molecule has 2 aromatic carbocycles. The Morgan fingerprint density at radius 2 is 1.83 bits per heavy atom. The Hall–Kier alpha value is -3.09. The Labute approximate surface area is 145 Å². The number of pyridine rings is 1. The van der Waals surface area contributed by atoms with Gasteiger partial charge in [0.25, 0.3) is 5.91 Å². The molecule has 3 aromatic rings. The van der Waals surface area contributed by atoms with Crippen LogP contribution in [0.2, 0.25) is 0 Å². The first-order valence-electron chi connectivity index (χ1n) is 7.27. The molecule has 116 valence electrons. The summed E-state index contributed by atoms with van der Waals surface area (Å²) in [5.41, 5.74) is 3.14. The van der Waals surface area contributed by atoms with E-state index in [1.54, 1.807) is 24.4 Å². The zero-order chi connectivity index (χ0) is 16.9. The summed E-state index contributed by atoms with van der Waals surface area (Å²) in [6.45, 7) is 0. The number of rotatable bonds is 3. The fourth-order valence-corrected chi connectivity index (χ4v) is 2.71. The minimum atomic E-state index is -0.385. The molecule has 3 nitrogen and oxygen atoms in total. The first-order chi connectivity index (χ1) is 11.7. The predicted molar refractivity (Wildman–Crippen MR) is 96.7 cm³/mol. The van der Waals surface area contributed by atoms with Gasteiger partial charge in [-0.15, -0.1) is 6.42 Å². The van der Waals surface area contributed by atoms with Crippen LogP contribution in [0.4, 0.5) is 5.69 Å². The molecule has 0 aliphatic carbocycles.